The van der Waals surface area contributed by atoms with Crippen molar-refractivity contribution in [2.75, 3.05) is 6.61 Å². The van der Waals surface area contributed by atoms with Gasteiger partial charge in [0.25, 0.3) is 0 Å². The molecule has 0 heterocycles. The van der Waals surface area contributed by atoms with Gasteiger partial charge in [0.2, 0.25) is 0 Å². The van der Waals surface area contributed by atoms with Crippen molar-refractivity contribution in [3.63, 3.8) is 0 Å². The highest BCUT2D eigenvalue weighted by Gasteiger charge is 1.91. The lowest BCUT2D eigenvalue weighted by Crippen LogP contribution is -1.90. The van der Waals surface area contributed by atoms with Crippen LogP contribution in [0, 0.1) is 0 Å². The fourth-order valence-electron chi connectivity index (χ4n) is 0.670. The summed E-state index contributed by atoms with van der Waals surface area (Å²) >= 11 is 0. The van der Waals surface area contributed by atoms with Gasteiger partial charge in [0.1, 0.15) is 5.76 Å². The van der Waals surface area contributed by atoms with Gasteiger partial charge in [-0.1, -0.05) is 18.7 Å². The monoisotopic (exact) mass is 152 g/mol. The Morgan fingerprint density at radius 3 is 2.45 bits per heavy atom. The van der Waals surface area contributed by atoms with Crippen LogP contribution in [0.25, 0.3) is 0 Å². The average Bonchev–Trinajstić information content (AvgIpc) is 1.97. The molecule has 0 aliphatic carbocycles. The molecular weight excluding hydrogens is 136 g/mol. The highest BCUT2D eigenvalue weighted by atomic mass is 16.5. The molecule has 0 aromatic heterocycles. The van der Waals surface area contributed by atoms with Gasteiger partial charge in [-0.3, -0.25) is 0 Å². The fraction of sp³-hybridized carbons (Fsp3) is 0.400. The normalized spacial score (nSPS) is 9.73. The highest BCUT2D eigenvalue weighted by molar-refractivity contribution is 5.20. The fourth-order valence-corrected chi connectivity index (χ4v) is 0.670. The smallest absolute Gasteiger partial charge is 0.117 e. The lowest BCUT2D eigenvalue weighted by Gasteiger charge is -2.04. The molecule has 0 aromatic rings. The molecular formula is C10H16O. The van der Waals surface area contributed by atoms with E-state index in [1.807, 2.05) is 32.9 Å². The molecule has 0 rings (SSSR count). The van der Waals surface area contributed by atoms with Crippen LogP contribution in [0.3, 0.4) is 0 Å². The summed E-state index contributed by atoms with van der Waals surface area (Å²) in [7, 11) is 0. The number of allylic oxidation sites excluding steroid dienone is 4. The molecule has 62 valence electrons. The predicted molar refractivity (Wildman–Crippen MR) is 49.3 cm³/mol. The first-order valence-electron chi connectivity index (χ1n) is 3.81. The molecule has 0 radical (unpaired) electrons. The van der Waals surface area contributed by atoms with Gasteiger partial charge in [0, 0.05) is 0 Å². The Balaban J connectivity index is 4.23. The number of ether oxygens (including phenoxy) is 1. The number of hydrogen-bond acceptors (Lipinski definition) is 1. The Morgan fingerprint density at radius 1 is 1.45 bits per heavy atom. The molecule has 0 atom stereocenters. The SMILES string of the molecule is C=C/C=C\C(OCC)=C(C)C. The zero-order valence-electron chi connectivity index (χ0n) is 7.55. The first-order valence-corrected chi connectivity index (χ1v) is 3.81. The summed E-state index contributed by atoms with van der Waals surface area (Å²) < 4.78 is 5.35. The van der Waals surface area contributed by atoms with Gasteiger partial charge in [-0.25, -0.2) is 0 Å². The number of rotatable bonds is 4. The largest absolute Gasteiger partial charge is 0.494 e. The Morgan fingerprint density at radius 2 is 2.09 bits per heavy atom. The van der Waals surface area contributed by atoms with Gasteiger partial charge in [-0.05, 0) is 32.4 Å². The van der Waals surface area contributed by atoms with E-state index in [-0.39, 0.29) is 0 Å². The molecule has 0 bridgehead atoms. The molecule has 0 aliphatic rings. The molecule has 0 fully saturated rings. The van der Waals surface area contributed by atoms with Gasteiger partial charge in [0.05, 0.1) is 6.61 Å². The van der Waals surface area contributed by atoms with Gasteiger partial charge in [-0.2, -0.15) is 0 Å². The molecule has 1 heteroatoms. The quantitative estimate of drug-likeness (QED) is 0.444. The Hall–Kier alpha value is -0.980. The Bertz CT molecular complexity index is 171. The minimum atomic E-state index is 0.710. The van der Waals surface area contributed by atoms with E-state index in [1.165, 1.54) is 5.57 Å². The average molecular weight is 152 g/mol. The lowest BCUT2D eigenvalue weighted by atomic mass is 10.2. The van der Waals surface area contributed by atoms with Crippen LogP contribution in [0.2, 0.25) is 0 Å². The summed E-state index contributed by atoms with van der Waals surface area (Å²) in [4.78, 5) is 0. The minimum absolute atomic E-state index is 0.710. The van der Waals surface area contributed by atoms with E-state index in [9.17, 15) is 0 Å². The van der Waals surface area contributed by atoms with E-state index in [4.69, 9.17) is 4.74 Å². The minimum Gasteiger partial charge on any atom is -0.494 e. The van der Waals surface area contributed by atoms with Crippen molar-refractivity contribution in [3.05, 3.63) is 36.1 Å². The van der Waals surface area contributed by atoms with Crippen molar-refractivity contribution >= 4 is 0 Å². The van der Waals surface area contributed by atoms with Crippen molar-refractivity contribution in [3.8, 4) is 0 Å². The van der Waals surface area contributed by atoms with E-state index < -0.39 is 0 Å². The van der Waals surface area contributed by atoms with Crippen LogP contribution in [0.5, 0.6) is 0 Å². The first-order chi connectivity index (χ1) is 5.22. The number of hydrogen-bond donors (Lipinski definition) is 0. The third kappa shape index (κ3) is 4.43. The first kappa shape index (κ1) is 10.0. The second-order valence-electron chi connectivity index (χ2n) is 2.39. The summed E-state index contributed by atoms with van der Waals surface area (Å²) in [5.74, 6) is 0.937. The van der Waals surface area contributed by atoms with Crippen molar-refractivity contribution in [1.29, 1.82) is 0 Å². The van der Waals surface area contributed by atoms with Gasteiger partial charge >= 0.3 is 0 Å². The molecule has 1 nitrogen and oxygen atoms in total. The summed E-state index contributed by atoms with van der Waals surface area (Å²) in [6.07, 6.45) is 5.53. The third-order valence-corrected chi connectivity index (χ3v) is 1.18. The van der Waals surface area contributed by atoms with Crippen LogP contribution in [0.4, 0.5) is 0 Å². The molecule has 0 saturated heterocycles. The summed E-state index contributed by atoms with van der Waals surface area (Å²) in [6.45, 7) is 10.3. The summed E-state index contributed by atoms with van der Waals surface area (Å²) in [5.41, 5.74) is 1.19. The van der Waals surface area contributed by atoms with E-state index in [1.54, 1.807) is 6.08 Å². The van der Waals surface area contributed by atoms with E-state index in [0.29, 0.717) is 6.61 Å². The zero-order valence-corrected chi connectivity index (χ0v) is 7.55. The third-order valence-electron chi connectivity index (χ3n) is 1.18. The van der Waals surface area contributed by atoms with Gasteiger partial charge < -0.3 is 4.74 Å². The maximum atomic E-state index is 5.35. The molecule has 0 aliphatic heterocycles. The molecule has 0 spiro atoms. The molecule has 0 saturated carbocycles. The van der Waals surface area contributed by atoms with Gasteiger partial charge in [-0.15, -0.1) is 0 Å². The van der Waals surface area contributed by atoms with E-state index in [0.717, 1.165) is 5.76 Å². The summed E-state index contributed by atoms with van der Waals surface area (Å²) in [5, 5.41) is 0. The summed E-state index contributed by atoms with van der Waals surface area (Å²) in [6, 6.07) is 0. The topological polar surface area (TPSA) is 9.23 Å². The maximum Gasteiger partial charge on any atom is 0.117 e. The van der Waals surface area contributed by atoms with Crippen LogP contribution >= 0.6 is 0 Å². The van der Waals surface area contributed by atoms with Crippen molar-refractivity contribution in [2.45, 2.75) is 20.8 Å². The van der Waals surface area contributed by atoms with Crippen molar-refractivity contribution in [1.82, 2.24) is 0 Å². The Labute approximate surface area is 69.1 Å². The maximum absolute atomic E-state index is 5.35. The van der Waals surface area contributed by atoms with Crippen LogP contribution in [-0.2, 0) is 4.74 Å². The van der Waals surface area contributed by atoms with E-state index >= 15 is 0 Å². The lowest BCUT2D eigenvalue weighted by molar-refractivity contribution is 0.239. The van der Waals surface area contributed by atoms with Crippen LogP contribution in [0.15, 0.2) is 36.1 Å². The van der Waals surface area contributed by atoms with Gasteiger partial charge in [0.15, 0.2) is 0 Å². The molecule has 11 heavy (non-hydrogen) atoms. The predicted octanol–water partition coefficient (Wildman–Crippen LogP) is 3.06. The Kier molecular flexibility index (Phi) is 5.26. The van der Waals surface area contributed by atoms with Crippen LogP contribution in [0.1, 0.15) is 20.8 Å². The van der Waals surface area contributed by atoms with Crippen molar-refractivity contribution < 1.29 is 4.74 Å². The van der Waals surface area contributed by atoms with Crippen LogP contribution < -0.4 is 0 Å². The van der Waals surface area contributed by atoms with E-state index in [2.05, 4.69) is 6.58 Å². The molecule has 0 aromatic carbocycles. The van der Waals surface area contributed by atoms with Crippen LogP contribution in [-0.4, -0.2) is 6.61 Å². The second kappa shape index (κ2) is 5.78. The van der Waals surface area contributed by atoms with Crippen molar-refractivity contribution in [2.24, 2.45) is 0 Å². The molecule has 0 amide bonds. The molecule has 0 unspecified atom stereocenters. The zero-order chi connectivity index (χ0) is 8.69. The second-order valence-corrected chi connectivity index (χ2v) is 2.39. The highest BCUT2D eigenvalue weighted by Crippen LogP contribution is 2.06. The molecule has 0 N–H and O–H groups in total. The standard InChI is InChI=1S/C10H16O/c1-5-7-8-10(9(3)4)11-6-2/h5,7-8H,1,6H2,2-4H3/b8-7-.